The molecule has 0 spiro atoms. The zero-order valence-corrected chi connectivity index (χ0v) is 13.9. The molecule has 1 saturated heterocycles. The first-order chi connectivity index (χ1) is 11.1. The Morgan fingerprint density at radius 1 is 1.39 bits per heavy atom. The second kappa shape index (κ2) is 6.94. The summed E-state index contributed by atoms with van der Waals surface area (Å²) in [5, 5.41) is 4.22. The van der Waals surface area contributed by atoms with Gasteiger partial charge in [-0.3, -0.25) is 14.5 Å². The molecule has 1 aliphatic rings. The largest absolute Gasteiger partial charge is 0.338 e. The number of carbonyl (C=O) groups excluding carboxylic acids is 1. The Kier molecular flexibility index (Phi) is 4.74. The molecule has 122 valence electrons. The maximum absolute atomic E-state index is 12.6. The monoisotopic (exact) mass is 312 g/mol. The Bertz CT molecular complexity index is 679. The van der Waals surface area contributed by atoms with Gasteiger partial charge in [-0.05, 0) is 62.8 Å². The quantitative estimate of drug-likeness (QED) is 0.852. The van der Waals surface area contributed by atoms with E-state index in [1.165, 1.54) is 5.56 Å². The van der Waals surface area contributed by atoms with E-state index in [1.54, 1.807) is 10.9 Å². The smallest absolute Gasteiger partial charge is 0.244 e. The number of hydrogen-bond donors (Lipinski definition) is 0. The van der Waals surface area contributed by atoms with Crippen molar-refractivity contribution in [3.05, 3.63) is 47.5 Å². The lowest BCUT2D eigenvalue weighted by Gasteiger charge is -2.25. The highest BCUT2D eigenvalue weighted by atomic mass is 16.2. The average molecular weight is 312 g/mol. The number of nitrogens with zero attached hydrogens (tertiary/aromatic N) is 4. The van der Waals surface area contributed by atoms with Gasteiger partial charge in [-0.2, -0.15) is 5.10 Å². The van der Waals surface area contributed by atoms with Crippen LogP contribution in [0.4, 0.5) is 0 Å². The molecule has 5 nitrogen and oxygen atoms in total. The lowest BCUT2D eigenvalue weighted by molar-refractivity contribution is -0.132. The molecule has 1 amide bonds. The van der Waals surface area contributed by atoms with Gasteiger partial charge in [0.1, 0.15) is 6.54 Å². The van der Waals surface area contributed by atoms with E-state index in [9.17, 15) is 4.79 Å². The molecule has 1 atom stereocenters. The summed E-state index contributed by atoms with van der Waals surface area (Å²) >= 11 is 0. The molecule has 3 heterocycles. The first-order valence-corrected chi connectivity index (χ1v) is 8.32. The van der Waals surface area contributed by atoms with Crippen LogP contribution in [0.1, 0.15) is 36.1 Å². The van der Waals surface area contributed by atoms with Crippen molar-refractivity contribution in [1.82, 2.24) is 19.7 Å². The van der Waals surface area contributed by atoms with Crippen molar-refractivity contribution >= 4 is 5.91 Å². The number of rotatable bonds is 5. The minimum absolute atomic E-state index is 0.182. The van der Waals surface area contributed by atoms with Crippen LogP contribution in [0.15, 0.2) is 30.7 Å². The normalized spacial score (nSPS) is 17.7. The Hall–Kier alpha value is -2.17. The molecule has 23 heavy (non-hydrogen) atoms. The molecule has 0 aromatic carbocycles. The number of likely N-dealkylation sites (tertiary alicyclic amines) is 1. The van der Waals surface area contributed by atoms with E-state index in [0.717, 1.165) is 43.5 Å². The van der Waals surface area contributed by atoms with E-state index in [4.69, 9.17) is 0 Å². The number of amides is 1. The highest BCUT2D eigenvalue weighted by Crippen LogP contribution is 2.22. The van der Waals surface area contributed by atoms with Gasteiger partial charge in [0.25, 0.3) is 0 Å². The Labute approximate surface area is 137 Å². The first kappa shape index (κ1) is 15.7. The van der Waals surface area contributed by atoms with Crippen molar-refractivity contribution in [3.63, 3.8) is 0 Å². The topological polar surface area (TPSA) is 51.0 Å². The second-order valence-electron chi connectivity index (χ2n) is 6.44. The van der Waals surface area contributed by atoms with Gasteiger partial charge in [0, 0.05) is 30.7 Å². The zero-order valence-electron chi connectivity index (χ0n) is 13.9. The second-order valence-corrected chi connectivity index (χ2v) is 6.44. The van der Waals surface area contributed by atoms with Crippen molar-refractivity contribution in [2.45, 2.75) is 52.1 Å². The standard InChI is InChI=1S/C18H24N4O/c1-14-11-20-21(12-14)13-18(23)22-9-3-4-17(22)6-5-16-7-8-19-15(2)10-16/h7-8,10-12,17H,3-6,9,13H2,1-2H3. The first-order valence-electron chi connectivity index (χ1n) is 8.32. The highest BCUT2D eigenvalue weighted by Gasteiger charge is 2.28. The number of aromatic nitrogens is 3. The molecule has 1 unspecified atom stereocenters. The van der Waals surface area contributed by atoms with Gasteiger partial charge in [0.15, 0.2) is 0 Å². The van der Waals surface area contributed by atoms with Crippen LogP contribution in [0.5, 0.6) is 0 Å². The molecule has 0 aliphatic carbocycles. The lowest BCUT2D eigenvalue weighted by atomic mass is 10.0. The van der Waals surface area contributed by atoms with E-state index in [1.807, 2.05) is 31.1 Å². The van der Waals surface area contributed by atoms with Crippen LogP contribution in [0.3, 0.4) is 0 Å². The summed E-state index contributed by atoms with van der Waals surface area (Å²) in [7, 11) is 0. The van der Waals surface area contributed by atoms with Gasteiger partial charge < -0.3 is 4.90 Å². The Balaban J connectivity index is 1.57. The molecule has 2 aromatic heterocycles. The van der Waals surface area contributed by atoms with Gasteiger partial charge in [-0.15, -0.1) is 0 Å². The van der Waals surface area contributed by atoms with E-state index in [-0.39, 0.29) is 5.91 Å². The van der Waals surface area contributed by atoms with Crippen LogP contribution in [0, 0.1) is 13.8 Å². The zero-order chi connectivity index (χ0) is 16.2. The van der Waals surface area contributed by atoms with Crippen molar-refractivity contribution in [3.8, 4) is 0 Å². The maximum Gasteiger partial charge on any atom is 0.244 e. The van der Waals surface area contributed by atoms with Crippen LogP contribution in [-0.4, -0.2) is 38.2 Å². The van der Waals surface area contributed by atoms with Crippen LogP contribution in [-0.2, 0) is 17.8 Å². The summed E-state index contributed by atoms with van der Waals surface area (Å²) in [6.45, 7) is 5.22. The summed E-state index contributed by atoms with van der Waals surface area (Å²) in [6.07, 6.45) is 9.80. The molecule has 5 heteroatoms. The summed E-state index contributed by atoms with van der Waals surface area (Å²) in [5.74, 6) is 0.182. The average Bonchev–Trinajstić information content (AvgIpc) is 3.14. The fraction of sp³-hybridized carbons (Fsp3) is 0.500. The van der Waals surface area contributed by atoms with Gasteiger partial charge >= 0.3 is 0 Å². The van der Waals surface area contributed by atoms with Crippen LogP contribution in [0.2, 0.25) is 0 Å². The van der Waals surface area contributed by atoms with Gasteiger partial charge in [-0.25, -0.2) is 0 Å². The number of hydrogen-bond acceptors (Lipinski definition) is 3. The Morgan fingerprint density at radius 3 is 3.00 bits per heavy atom. The molecule has 0 saturated carbocycles. The SMILES string of the molecule is Cc1cnn(CC(=O)N2CCCC2CCc2ccnc(C)c2)c1. The van der Waals surface area contributed by atoms with Crippen LogP contribution >= 0.6 is 0 Å². The van der Waals surface area contributed by atoms with Crippen LogP contribution in [0.25, 0.3) is 0 Å². The predicted molar refractivity (Wildman–Crippen MR) is 89.0 cm³/mol. The fourth-order valence-corrected chi connectivity index (χ4v) is 3.34. The van der Waals surface area contributed by atoms with Crippen molar-refractivity contribution < 1.29 is 4.79 Å². The molecule has 1 fully saturated rings. The highest BCUT2D eigenvalue weighted by molar-refractivity contribution is 5.76. The Morgan fingerprint density at radius 2 is 2.26 bits per heavy atom. The molecule has 0 N–H and O–H groups in total. The molecule has 0 radical (unpaired) electrons. The van der Waals surface area contributed by atoms with Crippen molar-refractivity contribution in [1.29, 1.82) is 0 Å². The molecule has 0 bridgehead atoms. The maximum atomic E-state index is 12.6. The van der Waals surface area contributed by atoms with Crippen molar-refractivity contribution in [2.24, 2.45) is 0 Å². The number of pyridine rings is 1. The summed E-state index contributed by atoms with van der Waals surface area (Å²) in [5.41, 5.74) is 3.44. The summed E-state index contributed by atoms with van der Waals surface area (Å²) in [6, 6.07) is 4.56. The number of aryl methyl sites for hydroxylation is 3. The molecule has 2 aromatic rings. The van der Waals surface area contributed by atoms with Gasteiger partial charge in [-0.1, -0.05) is 0 Å². The minimum Gasteiger partial charge on any atom is -0.338 e. The minimum atomic E-state index is 0.182. The summed E-state index contributed by atoms with van der Waals surface area (Å²) < 4.78 is 1.74. The van der Waals surface area contributed by atoms with E-state index in [2.05, 4.69) is 22.2 Å². The van der Waals surface area contributed by atoms with Gasteiger partial charge in [0.2, 0.25) is 5.91 Å². The van der Waals surface area contributed by atoms with E-state index < -0.39 is 0 Å². The van der Waals surface area contributed by atoms with Gasteiger partial charge in [0.05, 0.1) is 6.20 Å². The third kappa shape index (κ3) is 3.97. The molecular formula is C18H24N4O. The number of carbonyl (C=O) groups is 1. The third-order valence-electron chi connectivity index (χ3n) is 4.48. The fourth-order valence-electron chi connectivity index (χ4n) is 3.34. The summed E-state index contributed by atoms with van der Waals surface area (Å²) in [4.78, 5) is 18.8. The molecule has 1 aliphatic heterocycles. The third-order valence-corrected chi connectivity index (χ3v) is 4.48. The van der Waals surface area contributed by atoms with Crippen LogP contribution < -0.4 is 0 Å². The van der Waals surface area contributed by atoms with E-state index >= 15 is 0 Å². The predicted octanol–water partition coefficient (Wildman–Crippen LogP) is 2.52. The van der Waals surface area contributed by atoms with E-state index in [0.29, 0.717) is 12.6 Å². The molecular weight excluding hydrogens is 288 g/mol. The lowest BCUT2D eigenvalue weighted by Crippen LogP contribution is -2.38. The van der Waals surface area contributed by atoms with Crippen molar-refractivity contribution in [2.75, 3.05) is 6.54 Å². The molecule has 3 rings (SSSR count).